The van der Waals surface area contributed by atoms with E-state index in [0.717, 1.165) is 24.8 Å². The van der Waals surface area contributed by atoms with Gasteiger partial charge in [0.2, 0.25) is 0 Å². The Bertz CT molecular complexity index is 826. The van der Waals surface area contributed by atoms with Gasteiger partial charge in [-0.25, -0.2) is 0 Å². The molecule has 0 aromatic heterocycles. The Hall–Kier alpha value is -0.640. The number of aliphatic hydroxyl groups is 3. The number of allylic oxidation sites excluding steroid dienone is 2. The van der Waals surface area contributed by atoms with E-state index in [1.54, 1.807) is 11.1 Å². The van der Waals surface area contributed by atoms with Crippen molar-refractivity contribution in [3.63, 3.8) is 0 Å². The molecule has 0 heterocycles. The maximum atomic E-state index is 11.1. The lowest BCUT2D eigenvalue weighted by molar-refractivity contribution is -0.0972. The largest absolute Gasteiger partial charge is 0.393 e. The van der Waals surface area contributed by atoms with Gasteiger partial charge in [0, 0.05) is 6.42 Å². The van der Waals surface area contributed by atoms with Crippen LogP contribution in [0, 0.1) is 39.4 Å². The first kappa shape index (κ1) is 25.5. The minimum Gasteiger partial charge on any atom is -0.393 e. The SMILES string of the molecule is C=C(C)C(O)CC(O)C(C)C1CCC2(C)C3=C(CCC12C)C1(C)CCC(O)C(C)(C)C1CC3. The van der Waals surface area contributed by atoms with E-state index in [2.05, 4.69) is 48.1 Å². The zero-order valence-electron chi connectivity index (χ0n) is 22.4. The molecule has 33 heavy (non-hydrogen) atoms. The van der Waals surface area contributed by atoms with Gasteiger partial charge in [-0.2, -0.15) is 0 Å². The second-order valence-electron chi connectivity index (χ2n) is 13.8. The summed E-state index contributed by atoms with van der Waals surface area (Å²) in [6.07, 6.45) is 8.23. The van der Waals surface area contributed by atoms with Crippen LogP contribution >= 0.6 is 0 Å². The summed E-state index contributed by atoms with van der Waals surface area (Å²) < 4.78 is 0. The molecule has 0 saturated heterocycles. The molecule has 188 valence electrons. The number of hydrogen-bond acceptors (Lipinski definition) is 3. The van der Waals surface area contributed by atoms with Gasteiger partial charge in [-0.3, -0.25) is 0 Å². The topological polar surface area (TPSA) is 60.7 Å². The summed E-state index contributed by atoms with van der Waals surface area (Å²) in [5, 5.41) is 32.2. The van der Waals surface area contributed by atoms with E-state index >= 15 is 0 Å². The molecule has 4 aliphatic rings. The van der Waals surface area contributed by atoms with Crippen molar-refractivity contribution in [3.8, 4) is 0 Å². The summed E-state index contributed by atoms with van der Waals surface area (Å²) in [6.45, 7) is 20.1. The predicted octanol–water partition coefficient (Wildman–Crippen LogP) is 6.42. The van der Waals surface area contributed by atoms with Crippen LogP contribution in [0.5, 0.6) is 0 Å². The summed E-state index contributed by atoms with van der Waals surface area (Å²) >= 11 is 0. The average molecular weight is 459 g/mol. The Balaban J connectivity index is 1.65. The minimum absolute atomic E-state index is 0.0197. The van der Waals surface area contributed by atoms with Crippen molar-refractivity contribution in [1.29, 1.82) is 0 Å². The summed E-state index contributed by atoms with van der Waals surface area (Å²) in [5.41, 5.74) is 4.80. The van der Waals surface area contributed by atoms with E-state index in [9.17, 15) is 15.3 Å². The Morgan fingerprint density at radius 1 is 0.970 bits per heavy atom. The van der Waals surface area contributed by atoms with Crippen molar-refractivity contribution < 1.29 is 15.3 Å². The van der Waals surface area contributed by atoms with Crippen LogP contribution in [0.15, 0.2) is 23.3 Å². The van der Waals surface area contributed by atoms with Gasteiger partial charge < -0.3 is 15.3 Å². The van der Waals surface area contributed by atoms with Crippen LogP contribution in [0.1, 0.15) is 106 Å². The molecular formula is C30H50O3. The normalized spacial score (nSPS) is 45.0. The second-order valence-corrected chi connectivity index (χ2v) is 13.8. The molecule has 4 aliphatic carbocycles. The van der Waals surface area contributed by atoms with Crippen LogP contribution in [0.25, 0.3) is 0 Å². The van der Waals surface area contributed by atoms with Gasteiger partial charge in [-0.05, 0) is 97.7 Å². The third-order valence-corrected chi connectivity index (χ3v) is 12.1. The van der Waals surface area contributed by atoms with E-state index in [4.69, 9.17) is 0 Å². The van der Waals surface area contributed by atoms with Crippen molar-refractivity contribution in [3.05, 3.63) is 23.3 Å². The first-order valence-electron chi connectivity index (χ1n) is 13.6. The molecule has 3 nitrogen and oxygen atoms in total. The molecule has 0 radical (unpaired) electrons. The Labute approximate surface area is 202 Å². The maximum absolute atomic E-state index is 11.1. The van der Waals surface area contributed by atoms with Crippen molar-refractivity contribution in [2.24, 2.45) is 39.4 Å². The first-order chi connectivity index (χ1) is 15.2. The Morgan fingerprint density at radius 3 is 2.27 bits per heavy atom. The molecule has 0 aliphatic heterocycles. The number of rotatable bonds is 5. The molecule has 0 aromatic rings. The molecule has 9 atom stereocenters. The minimum atomic E-state index is -0.621. The molecule has 3 N–H and O–H groups in total. The average Bonchev–Trinajstić information content (AvgIpc) is 3.02. The van der Waals surface area contributed by atoms with Gasteiger partial charge in [-0.15, -0.1) is 0 Å². The molecule has 0 spiro atoms. The van der Waals surface area contributed by atoms with Crippen LogP contribution in [-0.4, -0.2) is 33.6 Å². The van der Waals surface area contributed by atoms with Gasteiger partial charge in [0.1, 0.15) is 0 Å². The number of aliphatic hydroxyl groups excluding tert-OH is 3. The smallest absolute Gasteiger partial charge is 0.0769 e. The van der Waals surface area contributed by atoms with Crippen LogP contribution < -0.4 is 0 Å². The maximum Gasteiger partial charge on any atom is 0.0769 e. The predicted molar refractivity (Wildman–Crippen MR) is 136 cm³/mol. The van der Waals surface area contributed by atoms with E-state index < -0.39 is 12.2 Å². The van der Waals surface area contributed by atoms with Crippen molar-refractivity contribution in [1.82, 2.24) is 0 Å². The molecular weight excluding hydrogens is 408 g/mol. The summed E-state index contributed by atoms with van der Waals surface area (Å²) in [7, 11) is 0. The quantitative estimate of drug-likeness (QED) is 0.417. The van der Waals surface area contributed by atoms with Crippen LogP contribution in [-0.2, 0) is 0 Å². The molecule has 0 bridgehead atoms. The van der Waals surface area contributed by atoms with Gasteiger partial charge in [0.05, 0.1) is 18.3 Å². The van der Waals surface area contributed by atoms with E-state index in [1.165, 1.54) is 32.1 Å². The lowest BCUT2D eigenvalue weighted by Gasteiger charge is -2.62. The van der Waals surface area contributed by atoms with E-state index in [0.29, 0.717) is 18.3 Å². The number of fused-ring (bicyclic) bond motifs is 4. The van der Waals surface area contributed by atoms with Gasteiger partial charge in [-0.1, -0.05) is 64.8 Å². The molecule has 2 saturated carbocycles. The molecule has 2 fully saturated rings. The molecule has 0 aromatic carbocycles. The molecule has 0 amide bonds. The highest BCUT2D eigenvalue weighted by Crippen LogP contribution is 2.72. The highest BCUT2D eigenvalue weighted by molar-refractivity contribution is 5.38. The number of hydrogen-bond donors (Lipinski definition) is 3. The fourth-order valence-electron chi connectivity index (χ4n) is 9.47. The molecule has 3 heteroatoms. The van der Waals surface area contributed by atoms with Crippen molar-refractivity contribution in [2.45, 2.75) is 125 Å². The van der Waals surface area contributed by atoms with Gasteiger partial charge in [0.25, 0.3) is 0 Å². The fraction of sp³-hybridized carbons (Fsp3) is 0.867. The van der Waals surface area contributed by atoms with E-state index in [1.807, 2.05) is 6.92 Å². The van der Waals surface area contributed by atoms with Crippen LogP contribution in [0.2, 0.25) is 0 Å². The van der Waals surface area contributed by atoms with Gasteiger partial charge in [0.15, 0.2) is 0 Å². The summed E-state index contributed by atoms with van der Waals surface area (Å²) in [5.74, 6) is 1.20. The highest BCUT2D eigenvalue weighted by Gasteiger charge is 2.63. The van der Waals surface area contributed by atoms with E-state index in [-0.39, 0.29) is 33.7 Å². The Kier molecular flexibility index (Phi) is 6.33. The van der Waals surface area contributed by atoms with Crippen molar-refractivity contribution >= 4 is 0 Å². The lowest BCUT2D eigenvalue weighted by Crippen LogP contribution is -2.55. The first-order valence-corrected chi connectivity index (χ1v) is 13.6. The highest BCUT2D eigenvalue weighted by atomic mass is 16.3. The van der Waals surface area contributed by atoms with Gasteiger partial charge >= 0.3 is 0 Å². The molecule has 4 rings (SSSR count). The van der Waals surface area contributed by atoms with Crippen LogP contribution in [0.3, 0.4) is 0 Å². The Morgan fingerprint density at radius 2 is 1.64 bits per heavy atom. The standard InChI is InChI=1S/C30H50O3/c1-18(2)23(31)17-24(32)19(3)20-11-15-30(8)22-9-10-25-27(4,5)26(33)13-14-28(25,6)21(22)12-16-29(20,30)7/h19-20,23-26,31-33H,1,9-17H2,2-8H3. The third-order valence-electron chi connectivity index (χ3n) is 12.1. The zero-order chi connectivity index (χ0) is 24.6. The zero-order valence-corrected chi connectivity index (χ0v) is 22.4. The second kappa shape index (κ2) is 8.20. The monoisotopic (exact) mass is 458 g/mol. The third kappa shape index (κ3) is 3.54. The molecule has 9 unspecified atom stereocenters. The van der Waals surface area contributed by atoms with Crippen molar-refractivity contribution in [2.75, 3.05) is 0 Å². The fourth-order valence-corrected chi connectivity index (χ4v) is 9.47. The summed E-state index contributed by atoms with van der Waals surface area (Å²) in [4.78, 5) is 0. The lowest BCUT2D eigenvalue weighted by atomic mass is 9.43. The van der Waals surface area contributed by atoms with Crippen LogP contribution in [0.4, 0.5) is 0 Å². The summed E-state index contributed by atoms with van der Waals surface area (Å²) in [6, 6.07) is 0.